The van der Waals surface area contributed by atoms with Crippen LogP contribution in [-0.4, -0.2) is 21.3 Å². The van der Waals surface area contributed by atoms with E-state index in [0.717, 1.165) is 22.5 Å². The average molecular weight is 233 g/mol. The first-order chi connectivity index (χ1) is 7.72. The van der Waals surface area contributed by atoms with E-state index < -0.39 is 5.97 Å². The first kappa shape index (κ1) is 10.8. The van der Waals surface area contributed by atoms with Crippen LogP contribution >= 0.6 is 11.9 Å². The van der Waals surface area contributed by atoms with Crippen LogP contribution in [-0.2, 0) is 4.79 Å². The van der Waals surface area contributed by atoms with Crippen LogP contribution in [0.15, 0.2) is 36.5 Å². The van der Waals surface area contributed by atoms with Gasteiger partial charge in [0, 0.05) is 29.5 Å². The van der Waals surface area contributed by atoms with Gasteiger partial charge in [-0.1, -0.05) is 18.2 Å². The molecule has 0 bridgehead atoms. The Hall–Kier alpha value is -1.68. The monoisotopic (exact) mass is 233 g/mol. The molecule has 0 aliphatic heterocycles. The molecule has 0 fully saturated rings. The number of carbonyl (C=O) groups is 1. The molecule has 82 valence electrons. The topological polar surface area (TPSA) is 42.2 Å². The van der Waals surface area contributed by atoms with Crippen molar-refractivity contribution in [3.05, 3.63) is 42.1 Å². The van der Waals surface area contributed by atoms with Gasteiger partial charge in [-0.05, 0) is 24.1 Å². The first-order valence-corrected chi connectivity index (χ1v) is 5.96. The standard InChI is InChI=1S/C12H11NO2S/c1-16-13-8-9(6-7-12(14)15)10-4-2-3-5-11(10)13/h2-8H,1H3,(H,14,15)/b7-6+. The van der Waals surface area contributed by atoms with Gasteiger partial charge in [0.1, 0.15) is 0 Å². The van der Waals surface area contributed by atoms with E-state index in [-0.39, 0.29) is 0 Å². The number of carboxylic acid groups (broad SMARTS) is 1. The van der Waals surface area contributed by atoms with Crippen LogP contribution in [0.2, 0.25) is 0 Å². The van der Waals surface area contributed by atoms with Crippen molar-refractivity contribution in [2.24, 2.45) is 0 Å². The third-order valence-corrected chi connectivity index (χ3v) is 3.01. The predicted molar refractivity (Wildman–Crippen MR) is 67.5 cm³/mol. The number of hydrogen-bond acceptors (Lipinski definition) is 2. The largest absolute Gasteiger partial charge is 0.478 e. The summed E-state index contributed by atoms with van der Waals surface area (Å²) in [6, 6.07) is 7.93. The van der Waals surface area contributed by atoms with Gasteiger partial charge >= 0.3 is 5.97 Å². The number of hydrogen-bond donors (Lipinski definition) is 1. The van der Waals surface area contributed by atoms with Crippen LogP contribution in [0, 0.1) is 0 Å². The van der Waals surface area contributed by atoms with E-state index in [0.29, 0.717) is 0 Å². The van der Waals surface area contributed by atoms with Crippen molar-refractivity contribution in [2.45, 2.75) is 0 Å². The summed E-state index contributed by atoms with van der Waals surface area (Å²) in [7, 11) is 0. The Balaban J connectivity index is 2.57. The highest BCUT2D eigenvalue weighted by Crippen LogP contribution is 2.25. The van der Waals surface area contributed by atoms with Crippen LogP contribution in [0.5, 0.6) is 0 Å². The number of fused-ring (bicyclic) bond motifs is 1. The Bertz CT molecular complexity index is 557. The number of nitrogens with zero attached hydrogens (tertiary/aromatic N) is 1. The lowest BCUT2D eigenvalue weighted by Crippen LogP contribution is -1.85. The van der Waals surface area contributed by atoms with E-state index in [4.69, 9.17) is 5.11 Å². The van der Waals surface area contributed by atoms with Crippen molar-refractivity contribution in [2.75, 3.05) is 6.26 Å². The van der Waals surface area contributed by atoms with E-state index in [2.05, 4.69) is 0 Å². The zero-order valence-electron chi connectivity index (χ0n) is 8.75. The van der Waals surface area contributed by atoms with Crippen LogP contribution in [0.3, 0.4) is 0 Å². The van der Waals surface area contributed by atoms with Gasteiger partial charge in [0.25, 0.3) is 0 Å². The highest BCUT2D eigenvalue weighted by molar-refractivity contribution is 7.97. The van der Waals surface area contributed by atoms with Crippen molar-refractivity contribution >= 4 is 34.9 Å². The third kappa shape index (κ3) is 1.97. The maximum atomic E-state index is 10.5. The summed E-state index contributed by atoms with van der Waals surface area (Å²) in [5.74, 6) is -0.930. The van der Waals surface area contributed by atoms with Gasteiger partial charge in [0.05, 0.1) is 5.52 Å². The Morgan fingerprint density at radius 3 is 2.88 bits per heavy atom. The molecule has 0 aliphatic rings. The lowest BCUT2D eigenvalue weighted by Gasteiger charge is -1.96. The second kappa shape index (κ2) is 4.45. The van der Waals surface area contributed by atoms with E-state index in [9.17, 15) is 4.79 Å². The maximum absolute atomic E-state index is 10.5. The van der Waals surface area contributed by atoms with Gasteiger partial charge in [0.15, 0.2) is 0 Å². The number of para-hydroxylation sites is 1. The Morgan fingerprint density at radius 2 is 2.19 bits per heavy atom. The van der Waals surface area contributed by atoms with Crippen molar-refractivity contribution in [3.63, 3.8) is 0 Å². The van der Waals surface area contributed by atoms with Crippen LogP contribution in [0.4, 0.5) is 0 Å². The summed E-state index contributed by atoms with van der Waals surface area (Å²) in [5.41, 5.74) is 2.02. The fraction of sp³-hybridized carbons (Fsp3) is 0.0833. The van der Waals surface area contributed by atoms with Crippen LogP contribution in [0.25, 0.3) is 17.0 Å². The lowest BCUT2D eigenvalue weighted by atomic mass is 10.1. The van der Waals surface area contributed by atoms with Crippen molar-refractivity contribution in [1.82, 2.24) is 3.97 Å². The second-order valence-corrected chi connectivity index (χ2v) is 4.04. The second-order valence-electron chi connectivity index (χ2n) is 3.28. The van der Waals surface area contributed by atoms with Crippen molar-refractivity contribution in [1.29, 1.82) is 0 Å². The summed E-state index contributed by atoms with van der Waals surface area (Å²) in [6.07, 6.45) is 6.70. The molecule has 4 heteroatoms. The molecule has 0 radical (unpaired) electrons. The molecule has 1 heterocycles. The molecule has 0 saturated heterocycles. The van der Waals surface area contributed by atoms with Gasteiger partial charge in [-0.2, -0.15) is 0 Å². The molecule has 16 heavy (non-hydrogen) atoms. The zero-order chi connectivity index (χ0) is 11.5. The number of aromatic nitrogens is 1. The molecule has 0 atom stereocenters. The fourth-order valence-corrected chi connectivity index (χ4v) is 2.20. The smallest absolute Gasteiger partial charge is 0.328 e. The maximum Gasteiger partial charge on any atom is 0.328 e. The highest BCUT2D eigenvalue weighted by Gasteiger charge is 2.04. The molecular formula is C12H11NO2S. The Morgan fingerprint density at radius 1 is 1.44 bits per heavy atom. The zero-order valence-corrected chi connectivity index (χ0v) is 9.57. The van der Waals surface area contributed by atoms with E-state index in [1.54, 1.807) is 18.0 Å². The normalized spacial score (nSPS) is 11.3. The van der Waals surface area contributed by atoms with Gasteiger partial charge in [0.2, 0.25) is 0 Å². The van der Waals surface area contributed by atoms with Crippen LogP contribution in [0.1, 0.15) is 5.56 Å². The molecule has 0 aliphatic carbocycles. The molecule has 0 saturated carbocycles. The predicted octanol–water partition coefficient (Wildman–Crippen LogP) is 2.87. The van der Waals surface area contributed by atoms with Crippen molar-refractivity contribution < 1.29 is 9.90 Å². The number of aliphatic carboxylic acids is 1. The first-order valence-electron chi connectivity index (χ1n) is 4.78. The molecule has 1 N–H and O–H groups in total. The minimum atomic E-state index is -0.930. The summed E-state index contributed by atoms with van der Waals surface area (Å²) in [4.78, 5) is 10.5. The molecule has 1 aromatic carbocycles. The number of benzene rings is 1. The van der Waals surface area contributed by atoms with Gasteiger partial charge in [-0.15, -0.1) is 0 Å². The molecule has 2 aromatic rings. The molecule has 2 rings (SSSR count). The third-order valence-electron chi connectivity index (χ3n) is 2.31. The summed E-state index contributed by atoms with van der Waals surface area (Å²) in [5, 5.41) is 9.68. The quantitative estimate of drug-likeness (QED) is 0.829. The number of carboxylic acids is 1. The summed E-state index contributed by atoms with van der Waals surface area (Å²) in [6.45, 7) is 0. The van der Waals surface area contributed by atoms with Crippen LogP contribution < -0.4 is 0 Å². The molecule has 3 nitrogen and oxygen atoms in total. The summed E-state index contributed by atoms with van der Waals surface area (Å²) < 4.78 is 2.02. The van der Waals surface area contributed by atoms with E-state index in [1.807, 2.05) is 40.7 Å². The molecule has 0 spiro atoms. The van der Waals surface area contributed by atoms with E-state index in [1.165, 1.54) is 0 Å². The molecular weight excluding hydrogens is 222 g/mol. The van der Waals surface area contributed by atoms with Gasteiger partial charge in [-0.3, -0.25) is 3.97 Å². The highest BCUT2D eigenvalue weighted by atomic mass is 32.2. The molecule has 0 unspecified atom stereocenters. The Kier molecular flexibility index (Phi) is 3.01. The Labute approximate surface area is 97.5 Å². The number of rotatable bonds is 3. The average Bonchev–Trinajstić information content (AvgIpc) is 2.65. The SMILES string of the molecule is CSn1cc(/C=C/C(=O)O)c2ccccc21. The van der Waals surface area contributed by atoms with Gasteiger partial charge < -0.3 is 5.11 Å². The fourth-order valence-electron chi connectivity index (χ4n) is 1.62. The van der Waals surface area contributed by atoms with E-state index >= 15 is 0 Å². The minimum Gasteiger partial charge on any atom is -0.478 e. The molecule has 1 aromatic heterocycles. The summed E-state index contributed by atoms with van der Waals surface area (Å²) >= 11 is 1.59. The van der Waals surface area contributed by atoms with Gasteiger partial charge in [-0.25, -0.2) is 4.79 Å². The minimum absolute atomic E-state index is 0.923. The molecule has 0 amide bonds. The lowest BCUT2D eigenvalue weighted by molar-refractivity contribution is -0.131. The van der Waals surface area contributed by atoms with Crippen molar-refractivity contribution in [3.8, 4) is 0 Å².